The highest BCUT2D eigenvalue weighted by molar-refractivity contribution is 14.1. The number of aliphatic hydroxyl groups is 2. The van der Waals surface area contributed by atoms with Gasteiger partial charge in [0, 0.05) is 59.1 Å². The molecule has 2 atom stereocenters. The number of hydrogen-bond donors (Lipinski definition) is 4. The highest BCUT2D eigenvalue weighted by Crippen LogP contribution is 2.48. The van der Waals surface area contributed by atoms with Crippen LogP contribution < -0.4 is 20.2 Å². The van der Waals surface area contributed by atoms with E-state index in [1.807, 2.05) is 6.07 Å². The number of hydrogen-bond acceptors (Lipinski definition) is 7. The predicted octanol–water partition coefficient (Wildman–Crippen LogP) is 3.01. The number of rotatable bonds is 6. The Balaban J connectivity index is 1.65. The van der Waals surface area contributed by atoms with E-state index in [2.05, 4.69) is 33.6 Å². The number of carboxylic acid groups (broad SMARTS) is 2. The van der Waals surface area contributed by atoms with E-state index in [1.165, 1.54) is 18.2 Å². The number of benzene rings is 3. The van der Waals surface area contributed by atoms with Crippen LogP contribution in [0.15, 0.2) is 35.3 Å². The highest BCUT2D eigenvalue weighted by atomic mass is 127. The molecule has 0 saturated carbocycles. The molecule has 0 aliphatic carbocycles. The average molecular weight is 695 g/mol. The van der Waals surface area contributed by atoms with E-state index in [0.717, 1.165) is 70.0 Å². The molecule has 0 unspecified atom stereocenters. The van der Waals surface area contributed by atoms with Crippen molar-refractivity contribution in [1.82, 2.24) is 0 Å². The molecule has 0 bridgehead atoms. The van der Waals surface area contributed by atoms with Crippen molar-refractivity contribution < 1.29 is 34.8 Å². The van der Waals surface area contributed by atoms with Gasteiger partial charge in [0.25, 0.3) is 0 Å². The number of ether oxygens (including phenoxy) is 1. The quantitative estimate of drug-likeness (QED) is 0.179. The third kappa shape index (κ3) is 4.70. The molecule has 0 fully saturated rings. The lowest BCUT2D eigenvalue weighted by Gasteiger charge is -2.41. The summed E-state index contributed by atoms with van der Waals surface area (Å²) in [5.74, 6) is -1.26. The van der Waals surface area contributed by atoms with E-state index in [9.17, 15) is 30.0 Å². The lowest BCUT2D eigenvalue weighted by atomic mass is 9.81. The van der Waals surface area contributed by atoms with Crippen LogP contribution >= 0.6 is 22.6 Å². The van der Waals surface area contributed by atoms with Crippen molar-refractivity contribution in [2.24, 2.45) is 4.99 Å². The van der Waals surface area contributed by atoms with Gasteiger partial charge in [-0.1, -0.05) is 22.6 Å². The first-order chi connectivity index (χ1) is 20.7. The van der Waals surface area contributed by atoms with Gasteiger partial charge in [-0.15, -0.1) is 0 Å². The van der Waals surface area contributed by atoms with E-state index < -0.39 is 24.1 Å². The first kappa shape index (κ1) is 28.3. The van der Waals surface area contributed by atoms with Gasteiger partial charge in [-0.3, -0.25) is 4.99 Å². The second-order valence-electron chi connectivity index (χ2n) is 11.7. The summed E-state index contributed by atoms with van der Waals surface area (Å²) in [7, 11) is 0. The zero-order chi connectivity index (χ0) is 30.0. The minimum Gasteiger partial charge on any atom is -0.478 e. The molecule has 4 N–H and O–H groups in total. The van der Waals surface area contributed by atoms with Crippen molar-refractivity contribution in [1.29, 1.82) is 0 Å². The Morgan fingerprint density at radius 3 is 2.58 bits per heavy atom. The summed E-state index contributed by atoms with van der Waals surface area (Å²) in [6.07, 6.45) is 2.85. The van der Waals surface area contributed by atoms with Gasteiger partial charge in [-0.2, -0.15) is 0 Å². The van der Waals surface area contributed by atoms with Crippen molar-refractivity contribution in [3.8, 4) is 11.5 Å². The second kappa shape index (κ2) is 10.9. The van der Waals surface area contributed by atoms with Crippen molar-refractivity contribution in [2.45, 2.75) is 50.7 Å². The van der Waals surface area contributed by atoms with Crippen LogP contribution in [0.2, 0.25) is 0 Å². The van der Waals surface area contributed by atoms with E-state index in [0.29, 0.717) is 59.3 Å². The van der Waals surface area contributed by atoms with Gasteiger partial charge >= 0.3 is 11.9 Å². The highest BCUT2D eigenvalue weighted by Gasteiger charge is 2.37. The van der Waals surface area contributed by atoms with E-state index in [-0.39, 0.29) is 11.1 Å². The van der Waals surface area contributed by atoms with Gasteiger partial charge in [0.2, 0.25) is 0 Å². The van der Waals surface area contributed by atoms with Gasteiger partial charge in [0.05, 0.1) is 35.2 Å². The van der Waals surface area contributed by atoms with Crippen LogP contribution in [-0.4, -0.2) is 68.6 Å². The second-order valence-corrected chi connectivity index (χ2v) is 12.8. The fourth-order valence-electron chi connectivity index (χ4n) is 7.17. The third-order valence-corrected chi connectivity index (χ3v) is 9.67. The number of halogens is 1. The molecule has 3 aromatic carbocycles. The molecular formula is C33H31IN2O7. The molecule has 7 rings (SSSR count). The Morgan fingerprint density at radius 1 is 1.00 bits per heavy atom. The van der Waals surface area contributed by atoms with Crippen LogP contribution in [0.25, 0.3) is 5.57 Å². The lowest BCUT2D eigenvalue weighted by molar-refractivity contribution is 0.0681. The first-order valence-corrected chi connectivity index (χ1v) is 16.2. The number of aryl methyl sites for hydroxylation is 2. The third-order valence-electron chi connectivity index (χ3n) is 8.90. The summed E-state index contributed by atoms with van der Waals surface area (Å²) < 4.78 is 7.78. The fraction of sp³-hybridized carbons (Fsp3) is 0.364. The van der Waals surface area contributed by atoms with Gasteiger partial charge < -0.3 is 30.1 Å². The normalized spacial score (nSPS) is 19.8. The molecule has 4 aliphatic heterocycles. The van der Waals surface area contributed by atoms with Crippen LogP contribution in [0.4, 0.5) is 5.69 Å². The van der Waals surface area contributed by atoms with Gasteiger partial charge in [-0.05, 0) is 77.1 Å². The predicted molar refractivity (Wildman–Crippen MR) is 168 cm³/mol. The Hall–Kier alpha value is -3.48. The zero-order valence-electron chi connectivity index (χ0n) is 23.4. The Bertz CT molecular complexity index is 1840. The van der Waals surface area contributed by atoms with Crippen LogP contribution in [0.3, 0.4) is 0 Å². The number of anilines is 1. The maximum absolute atomic E-state index is 12.6. The molecule has 4 heterocycles. The molecule has 3 aromatic rings. The molecule has 0 spiro atoms. The number of aliphatic hydroxyl groups excluding tert-OH is 2. The minimum absolute atomic E-state index is 0.0110. The first-order valence-electron chi connectivity index (χ1n) is 14.6. The van der Waals surface area contributed by atoms with Crippen LogP contribution in [0.1, 0.15) is 66.9 Å². The van der Waals surface area contributed by atoms with E-state index >= 15 is 0 Å². The Labute approximate surface area is 261 Å². The standard InChI is InChI=1S/C33H31IN2O7/c34-7-1-3-16-9-23-27(22-11-18(32(39)40)5-6-21(22)33(41)42)24-10-17-4-2-8-36-15-20(38)13-26(29(17)36)31(24)43-30(23)25-12-19(37)14-35-28(16)25/h5-6,9-11,19-20,37-38H,1-4,7-8,12-15H2,(H,39,40)(H,41,42)/t19-,20+/m1/s1. The zero-order valence-corrected chi connectivity index (χ0v) is 25.6. The minimum atomic E-state index is -1.16. The maximum Gasteiger partial charge on any atom is 0.336 e. The fourth-order valence-corrected chi connectivity index (χ4v) is 7.55. The monoisotopic (exact) mass is 694 g/mol. The van der Waals surface area contributed by atoms with Crippen molar-refractivity contribution in [2.75, 3.05) is 29.0 Å². The number of fused-ring (bicyclic) bond motifs is 5. The van der Waals surface area contributed by atoms with Gasteiger partial charge in [0.15, 0.2) is 0 Å². The van der Waals surface area contributed by atoms with Crippen molar-refractivity contribution >= 4 is 45.8 Å². The number of alkyl halides is 1. The lowest BCUT2D eigenvalue weighted by Crippen LogP contribution is -2.42. The SMILES string of the molecule is O=C(O)c1ccc(C(=O)O)c(C2=c3cc(CCCI)c4c(c3Oc3c2cc2c5c3C[C@H](O)CN5CCC2)C[C@@H](O)CN=4)c1. The molecular weight excluding hydrogens is 663 g/mol. The smallest absolute Gasteiger partial charge is 0.336 e. The summed E-state index contributed by atoms with van der Waals surface area (Å²) in [5, 5.41) is 43.3. The Kier molecular flexibility index (Phi) is 7.18. The van der Waals surface area contributed by atoms with E-state index in [1.54, 1.807) is 0 Å². The summed E-state index contributed by atoms with van der Waals surface area (Å²) in [4.78, 5) is 31.7. The molecule has 222 valence electrons. The molecule has 10 heteroatoms. The number of nitrogens with zero attached hydrogens (tertiary/aromatic N) is 2. The summed E-state index contributed by atoms with van der Waals surface area (Å²) in [6.45, 7) is 1.66. The number of carboxylic acids is 2. The van der Waals surface area contributed by atoms with Crippen LogP contribution in [0.5, 0.6) is 11.5 Å². The van der Waals surface area contributed by atoms with Gasteiger partial charge in [0.1, 0.15) is 11.5 Å². The Morgan fingerprint density at radius 2 is 1.81 bits per heavy atom. The average Bonchev–Trinajstić information content (AvgIpc) is 2.98. The molecule has 0 radical (unpaired) electrons. The van der Waals surface area contributed by atoms with Crippen molar-refractivity contribution in [3.63, 3.8) is 0 Å². The number of aromatic carboxylic acids is 2. The van der Waals surface area contributed by atoms with Crippen LogP contribution in [0, 0.1) is 0 Å². The van der Waals surface area contributed by atoms with E-state index in [4.69, 9.17) is 9.73 Å². The molecule has 0 amide bonds. The van der Waals surface area contributed by atoms with Crippen LogP contribution in [-0.2, 0) is 25.7 Å². The molecule has 0 saturated heterocycles. The summed E-state index contributed by atoms with van der Waals surface area (Å²) in [5.41, 5.74) is 6.35. The summed E-state index contributed by atoms with van der Waals surface area (Å²) >= 11 is 2.34. The van der Waals surface area contributed by atoms with Crippen molar-refractivity contribution in [3.05, 3.63) is 85.4 Å². The number of carbonyl (C=O) groups is 2. The molecule has 0 aromatic heterocycles. The largest absolute Gasteiger partial charge is 0.478 e. The molecule has 43 heavy (non-hydrogen) atoms. The topological polar surface area (TPSA) is 140 Å². The van der Waals surface area contributed by atoms with Gasteiger partial charge in [-0.25, -0.2) is 9.59 Å². The summed E-state index contributed by atoms with van der Waals surface area (Å²) in [6, 6.07) is 8.19. The molecule has 9 nitrogen and oxygen atoms in total. The molecule has 4 aliphatic rings. The maximum atomic E-state index is 12.6.